The number of carbonyl (C=O) groups is 2. The highest BCUT2D eigenvalue weighted by atomic mass is 16.5. The summed E-state index contributed by atoms with van der Waals surface area (Å²) in [6, 6.07) is -0.628. The van der Waals surface area contributed by atoms with Crippen LogP contribution in [0.25, 0.3) is 0 Å². The fraction of sp³-hybridized carbons (Fsp3) is 0.867. The Morgan fingerprint density at radius 1 is 1.15 bits per heavy atom. The van der Waals surface area contributed by atoms with Crippen LogP contribution in [0.4, 0.5) is 0 Å². The molecule has 1 aliphatic rings. The van der Waals surface area contributed by atoms with Crippen molar-refractivity contribution in [3.8, 4) is 0 Å². The Hall–Kier alpha value is -1.10. The second-order valence-corrected chi connectivity index (χ2v) is 5.94. The van der Waals surface area contributed by atoms with Gasteiger partial charge in [0, 0.05) is 19.6 Å². The van der Waals surface area contributed by atoms with Gasteiger partial charge in [-0.05, 0) is 25.7 Å². The third-order valence-electron chi connectivity index (χ3n) is 3.89. The molecule has 2 amide bonds. The average molecular weight is 284 g/mol. The Bertz CT molecular complexity index is 325. The number of likely N-dealkylation sites (N-methyl/N-ethyl adjacent to an activating group) is 1. The van der Waals surface area contributed by atoms with Crippen LogP contribution in [0.15, 0.2) is 0 Å². The summed E-state index contributed by atoms with van der Waals surface area (Å²) in [7, 11) is 1.57. The molecule has 116 valence electrons. The molecule has 1 rings (SSSR count). The van der Waals surface area contributed by atoms with E-state index < -0.39 is 6.04 Å². The van der Waals surface area contributed by atoms with Crippen LogP contribution in [0.3, 0.4) is 0 Å². The van der Waals surface area contributed by atoms with Crippen LogP contribution >= 0.6 is 0 Å². The molecule has 1 aliphatic carbocycles. The van der Waals surface area contributed by atoms with Crippen LogP contribution < -0.4 is 10.6 Å². The summed E-state index contributed by atoms with van der Waals surface area (Å²) in [6.07, 6.45) is 4.63. The van der Waals surface area contributed by atoms with E-state index in [4.69, 9.17) is 4.74 Å². The topological polar surface area (TPSA) is 67.4 Å². The third kappa shape index (κ3) is 5.12. The SMILES string of the molecule is CNC(=O)C(NC(=O)C(C)C)C(C)OCC1CCCC1. The molecule has 0 heterocycles. The fourth-order valence-corrected chi connectivity index (χ4v) is 2.43. The van der Waals surface area contributed by atoms with Crippen molar-refractivity contribution in [3.05, 3.63) is 0 Å². The van der Waals surface area contributed by atoms with E-state index in [0.717, 1.165) is 0 Å². The first-order chi connectivity index (χ1) is 9.45. The minimum Gasteiger partial charge on any atom is -0.376 e. The Morgan fingerprint density at radius 3 is 2.25 bits per heavy atom. The lowest BCUT2D eigenvalue weighted by Gasteiger charge is -2.25. The van der Waals surface area contributed by atoms with Crippen molar-refractivity contribution in [3.63, 3.8) is 0 Å². The smallest absolute Gasteiger partial charge is 0.245 e. The molecule has 0 spiro atoms. The number of carbonyl (C=O) groups excluding carboxylic acids is 2. The van der Waals surface area contributed by atoms with Gasteiger partial charge in [-0.3, -0.25) is 9.59 Å². The van der Waals surface area contributed by atoms with Crippen LogP contribution in [0.2, 0.25) is 0 Å². The Kier molecular flexibility index (Phi) is 6.99. The van der Waals surface area contributed by atoms with Crippen molar-refractivity contribution in [2.24, 2.45) is 11.8 Å². The Labute approximate surface area is 121 Å². The zero-order valence-electron chi connectivity index (χ0n) is 13.1. The normalized spacial score (nSPS) is 18.9. The second kappa shape index (κ2) is 8.25. The van der Waals surface area contributed by atoms with Crippen molar-refractivity contribution in [1.29, 1.82) is 0 Å². The van der Waals surface area contributed by atoms with E-state index in [-0.39, 0.29) is 23.8 Å². The van der Waals surface area contributed by atoms with E-state index in [2.05, 4.69) is 10.6 Å². The molecule has 0 aromatic carbocycles. The minimum absolute atomic E-state index is 0.130. The molecule has 2 unspecified atom stereocenters. The molecule has 1 saturated carbocycles. The summed E-state index contributed by atoms with van der Waals surface area (Å²) >= 11 is 0. The van der Waals surface area contributed by atoms with Crippen LogP contribution in [0.1, 0.15) is 46.5 Å². The van der Waals surface area contributed by atoms with Gasteiger partial charge in [0.2, 0.25) is 11.8 Å². The van der Waals surface area contributed by atoms with E-state index in [9.17, 15) is 9.59 Å². The molecule has 1 fully saturated rings. The maximum Gasteiger partial charge on any atom is 0.245 e. The number of hydrogen-bond acceptors (Lipinski definition) is 3. The van der Waals surface area contributed by atoms with Gasteiger partial charge >= 0.3 is 0 Å². The van der Waals surface area contributed by atoms with Crippen molar-refractivity contribution < 1.29 is 14.3 Å². The van der Waals surface area contributed by atoms with Crippen molar-refractivity contribution in [2.75, 3.05) is 13.7 Å². The van der Waals surface area contributed by atoms with E-state index in [1.807, 2.05) is 6.92 Å². The summed E-state index contributed by atoms with van der Waals surface area (Å²) in [4.78, 5) is 23.7. The lowest BCUT2D eigenvalue weighted by atomic mass is 10.1. The molecule has 0 saturated heterocycles. The maximum absolute atomic E-state index is 11.9. The van der Waals surface area contributed by atoms with Gasteiger partial charge in [0.15, 0.2) is 0 Å². The first-order valence-corrected chi connectivity index (χ1v) is 7.59. The summed E-state index contributed by atoms with van der Waals surface area (Å²) in [5.41, 5.74) is 0. The zero-order valence-corrected chi connectivity index (χ0v) is 13.1. The lowest BCUT2D eigenvalue weighted by Crippen LogP contribution is -2.53. The molecule has 0 bridgehead atoms. The molecule has 2 atom stereocenters. The molecule has 0 aliphatic heterocycles. The quantitative estimate of drug-likeness (QED) is 0.744. The van der Waals surface area contributed by atoms with Crippen molar-refractivity contribution in [1.82, 2.24) is 10.6 Å². The van der Waals surface area contributed by atoms with Gasteiger partial charge in [-0.25, -0.2) is 0 Å². The van der Waals surface area contributed by atoms with Crippen LogP contribution in [0.5, 0.6) is 0 Å². The van der Waals surface area contributed by atoms with Gasteiger partial charge in [0.05, 0.1) is 6.10 Å². The average Bonchev–Trinajstić information content (AvgIpc) is 2.94. The van der Waals surface area contributed by atoms with Crippen molar-refractivity contribution in [2.45, 2.75) is 58.6 Å². The van der Waals surface area contributed by atoms with Crippen LogP contribution in [-0.4, -0.2) is 37.6 Å². The summed E-state index contributed by atoms with van der Waals surface area (Å²) in [6.45, 7) is 6.13. The standard InChI is InChI=1S/C15H28N2O3/c1-10(2)14(18)17-13(15(19)16-4)11(3)20-9-12-7-5-6-8-12/h10-13H,5-9H2,1-4H3,(H,16,19)(H,17,18). The van der Waals surface area contributed by atoms with E-state index in [1.54, 1.807) is 20.9 Å². The van der Waals surface area contributed by atoms with E-state index in [0.29, 0.717) is 12.5 Å². The highest BCUT2D eigenvalue weighted by molar-refractivity contribution is 5.88. The molecule has 0 aromatic heterocycles. The fourth-order valence-electron chi connectivity index (χ4n) is 2.43. The highest BCUT2D eigenvalue weighted by Gasteiger charge is 2.28. The largest absolute Gasteiger partial charge is 0.376 e. The number of hydrogen-bond donors (Lipinski definition) is 2. The van der Waals surface area contributed by atoms with Gasteiger partial charge < -0.3 is 15.4 Å². The first-order valence-electron chi connectivity index (χ1n) is 7.59. The van der Waals surface area contributed by atoms with Gasteiger partial charge in [-0.15, -0.1) is 0 Å². The summed E-state index contributed by atoms with van der Waals surface area (Å²) in [5.74, 6) is 0.112. The molecule has 0 radical (unpaired) electrons. The molecule has 2 N–H and O–H groups in total. The highest BCUT2D eigenvalue weighted by Crippen LogP contribution is 2.25. The monoisotopic (exact) mass is 284 g/mol. The third-order valence-corrected chi connectivity index (χ3v) is 3.89. The second-order valence-electron chi connectivity index (χ2n) is 5.94. The molecule has 0 aromatic rings. The van der Waals surface area contributed by atoms with Gasteiger partial charge in [-0.1, -0.05) is 26.7 Å². The number of ether oxygens (including phenoxy) is 1. The predicted molar refractivity (Wildman–Crippen MR) is 78.2 cm³/mol. The molecular formula is C15H28N2O3. The van der Waals surface area contributed by atoms with Crippen molar-refractivity contribution >= 4 is 11.8 Å². The van der Waals surface area contributed by atoms with E-state index >= 15 is 0 Å². The number of amides is 2. The predicted octanol–water partition coefficient (Wildman–Crippen LogP) is 1.47. The number of nitrogens with one attached hydrogen (secondary N) is 2. The molecular weight excluding hydrogens is 256 g/mol. The minimum atomic E-state index is -0.628. The molecule has 20 heavy (non-hydrogen) atoms. The number of rotatable bonds is 7. The Balaban J connectivity index is 2.52. The molecule has 5 nitrogen and oxygen atoms in total. The zero-order chi connectivity index (χ0) is 15.1. The summed E-state index contributed by atoms with van der Waals surface area (Å²) in [5, 5.41) is 5.35. The van der Waals surface area contributed by atoms with Gasteiger partial charge in [0.25, 0.3) is 0 Å². The molecule has 5 heteroatoms. The van der Waals surface area contributed by atoms with Gasteiger partial charge in [-0.2, -0.15) is 0 Å². The van der Waals surface area contributed by atoms with Crippen LogP contribution in [-0.2, 0) is 14.3 Å². The van der Waals surface area contributed by atoms with Gasteiger partial charge in [0.1, 0.15) is 6.04 Å². The maximum atomic E-state index is 11.9. The lowest BCUT2D eigenvalue weighted by molar-refractivity contribution is -0.134. The van der Waals surface area contributed by atoms with E-state index in [1.165, 1.54) is 25.7 Å². The summed E-state index contributed by atoms with van der Waals surface area (Å²) < 4.78 is 5.82. The first kappa shape index (κ1) is 17.0. The van der Waals surface area contributed by atoms with Crippen LogP contribution in [0, 0.1) is 11.8 Å². The Morgan fingerprint density at radius 2 is 1.75 bits per heavy atom.